The number of ether oxygens (including phenoxy) is 2. The van der Waals surface area contributed by atoms with E-state index in [0.717, 1.165) is 16.7 Å². The van der Waals surface area contributed by atoms with Gasteiger partial charge in [-0.2, -0.15) is 0 Å². The molecule has 0 bridgehead atoms. The molecule has 2 aromatic carbocycles. The molecule has 0 radical (unpaired) electrons. The van der Waals surface area contributed by atoms with Gasteiger partial charge in [-0.3, -0.25) is 19.3 Å². The molecule has 0 aromatic heterocycles. The summed E-state index contributed by atoms with van der Waals surface area (Å²) < 4.78 is 23.2. The molecule has 0 unspecified atom stereocenters. The summed E-state index contributed by atoms with van der Waals surface area (Å²) in [6.07, 6.45) is 1.54. The zero-order valence-electron chi connectivity index (χ0n) is 17.9. The molecular weight excluding hydrogens is 451 g/mol. The van der Waals surface area contributed by atoms with Crippen LogP contribution in [0.3, 0.4) is 0 Å². The third-order valence-electron chi connectivity index (χ3n) is 4.51. The van der Waals surface area contributed by atoms with Crippen LogP contribution in [-0.4, -0.2) is 47.2 Å². The van der Waals surface area contributed by atoms with E-state index in [0.29, 0.717) is 17.0 Å². The lowest BCUT2D eigenvalue weighted by molar-refractivity contribution is -0.150. The van der Waals surface area contributed by atoms with Gasteiger partial charge in [-0.25, -0.2) is 9.18 Å². The molecule has 1 heterocycles. The van der Waals surface area contributed by atoms with E-state index in [2.05, 4.69) is 5.32 Å². The van der Waals surface area contributed by atoms with E-state index in [-0.39, 0.29) is 18.1 Å². The zero-order valence-corrected chi connectivity index (χ0v) is 18.7. The minimum absolute atomic E-state index is 0.150. The second-order valence-corrected chi connectivity index (χ2v) is 7.89. The monoisotopic (exact) mass is 472 g/mol. The maximum atomic E-state index is 12.9. The fraction of sp³-hybridized carbons (Fsp3) is 0.217. The second-order valence-electron chi connectivity index (χ2n) is 6.89. The number of halogens is 1. The number of amides is 3. The molecule has 8 nitrogen and oxygen atoms in total. The predicted molar refractivity (Wildman–Crippen MR) is 121 cm³/mol. The molecule has 1 saturated heterocycles. The van der Waals surface area contributed by atoms with Gasteiger partial charge < -0.3 is 14.8 Å². The van der Waals surface area contributed by atoms with Crippen molar-refractivity contribution in [1.82, 2.24) is 4.90 Å². The van der Waals surface area contributed by atoms with Gasteiger partial charge in [-0.1, -0.05) is 12.1 Å². The number of anilines is 1. The van der Waals surface area contributed by atoms with Crippen LogP contribution < -0.4 is 10.1 Å². The number of imide groups is 1. The quantitative estimate of drug-likeness (QED) is 0.460. The number of carbonyl (C=O) groups is 4. The Balaban J connectivity index is 1.58. The van der Waals surface area contributed by atoms with Crippen molar-refractivity contribution in [2.75, 3.05) is 18.5 Å². The Bertz CT molecular complexity index is 1090. The maximum absolute atomic E-state index is 12.9. The number of esters is 1. The molecule has 0 aliphatic carbocycles. The Labute approximate surface area is 193 Å². The summed E-state index contributed by atoms with van der Waals surface area (Å²) in [5.41, 5.74) is 1.08. The predicted octanol–water partition coefficient (Wildman–Crippen LogP) is 3.83. The molecule has 33 heavy (non-hydrogen) atoms. The first-order valence-corrected chi connectivity index (χ1v) is 10.8. The average molecular weight is 472 g/mol. The molecule has 3 amide bonds. The number of nitrogens with zero attached hydrogens (tertiary/aromatic N) is 1. The van der Waals surface area contributed by atoms with E-state index in [1.54, 1.807) is 31.2 Å². The highest BCUT2D eigenvalue weighted by molar-refractivity contribution is 8.18. The molecule has 0 spiro atoms. The highest BCUT2D eigenvalue weighted by Gasteiger charge is 2.41. The van der Waals surface area contributed by atoms with Crippen molar-refractivity contribution < 1.29 is 33.0 Å². The molecule has 10 heteroatoms. The van der Waals surface area contributed by atoms with Gasteiger partial charge in [0.15, 0.2) is 6.61 Å². The maximum Gasteiger partial charge on any atom is 0.329 e. The van der Waals surface area contributed by atoms with Gasteiger partial charge in [-0.05, 0) is 73.6 Å². The minimum Gasteiger partial charge on any atom is -0.484 e. The molecule has 1 aliphatic heterocycles. The Morgan fingerprint density at radius 2 is 1.79 bits per heavy atom. The van der Waals surface area contributed by atoms with E-state index in [9.17, 15) is 23.6 Å². The lowest BCUT2D eigenvalue weighted by Gasteiger charge is -2.19. The fourth-order valence-electron chi connectivity index (χ4n) is 2.87. The van der Waals surface area contributed by atoms with E-state index >= 15 is 0 Å². The molecule has 1 N–H and O–H groups in total. The van der Waals surface area contributed by atoms with Crippen molar-refractivity contribution in [3.05, 3.63) is 64.8 Å². The summed E-state index contributed by atoms with van der Waals surface area (Å²) in [5.74, 6) is -1.60. The first-order chi connectivity index (χ1) is 15.8. The first kappa shape index (κ1) is 24.0. The Morgan fingerprint density at radius 3 is 2.42 bits per heavy atom. The van der Waals surface area contributed by atoms with E-state index in [1.807, 2.05) is 0 Å². The van der Waals surface area contributed by atoms with Crippen LogP contribution in [0.4, 0.5) is 14.9 Å². The summed E-state index contributed by atoms with van der Waals surface area (Å²) in [6.45, 7) is 2.98. The van der Waals surface area contributed by atoms with Gasteiger partial charge in [0.1, 0.15) is 17.6 Å². The third kappa shape index (κ3) is 6.19. The van der Waals surface area contributed by atoms with Crippen molar-refractivity contribution in [2.24, 2.45) is 0 Å². The van der Waals surface area contributed by atoms with Crippen molar-refractivity contribution in [2.45, 2.75) is 19.9 Å². The van der Waals surface area contributed by atoms with E-state index in [1.165, 1.54) is 37.3 Å². The van der Waals surface area contributed by atoms with Gasteiger partial charge in [0, 0.05) is 5.69 Å². The third-order valence-corrected chi connectivity index (χ3v) is 5.40. The number of benzene rings is 2. The van der Waals surface area contributed by atoms with Crippen LogP contribution in [0.2, 0.25) is 0 Å². The van der Waals surface area contributed by atoms with Crippen LogP contribution in [0.15, 0.2) is 53.4 Å². The number of rotatable bonds is 8. The van der Waals surface area contributed by atoms with Crippen LogP contribution in [0.5, 0.6) is 5.75 Å². The first-order valence-electron chi connectivity index (χ1n) is 10.0. The zero-order chi connectivity index (χ0) is 24.0. The van der Waals surface area contributed by atoms with Crippen LogP contribution in [-0.2, 0) is 19.1 Å². The summed E-state index contributed by atoms with van der Waals surface area (Å²) in [5, 5.41) is 2.04. The van der Waals surface area contributed by atoms with Crippen LogP contribution in [0.1, 0.15) is 19.4 Å². The van der Waals surface area contributed by atoms with Crippen LogP contribution in [0, 0.1) is 5.82 Å². The topological polar surface area (TPSA) is 102 Å². The summed E-state index contributed by atoms with van der Waals surface area (Å²) in [4.78, 5) is 49.8. The van der Waals surface area contributed by atoms with Gasteiger partial charge in [0.2, 0.25) is 0 Å². The highest BCUT2D eigenvalue weighted by Crippen LogP contribution is 2.34. The van der Waals surface area contributed by atoms with Crippen molar-refractivity contribution >= 4 is 46.5 Å². The standard InChI is InChI=1S/C23H21FN2O6S/c1-3-31-22(29)14(2)26-21(28)19(33-23(26)30)12-15-4-10-18(11-5-15)32-13-20(27)25-17-8-6-16(24)7-9-17/h4-12,14H,3,13H2,1-2H3,(H,25,27)/b19-12+/t14-/m1/s1. The summed E-state index contributed by atoms with van der Waals surface area (Å²) in [6, 6.07) is 10.9. The Morgan fingerprint density at radius 1 is 1.12 bits per heavy atom. The number of hydrogen-bond donors (Lipinski definition) is 1. The number of thioether (sulfide) groups is 1. The molecule has 1 aliphatic rings. The number of nitrogens with one attached hydrogen (secondary N) is 1. The second kappa shape index (κ2) is 10.8. The van der Waals surface area contributed by atoms with Gasteiger partial charge in [0.05, 0.1) is 11.5 Å². The van der Waals surface area contributed by atoms with Crippen LogP contribution in [0.25, 0.3) is 6.08 Å². The number of hydrogen-bond acceptors (Lipinski definition) is 7. The van der Waals surface area contributed by atoms with Crippen molar-refractivity contribution in [1.29, 1.82) is 0 Å². The van der Waals surface area contributed by atoms with Gasteiger partial charge in [-0.15, -0.1) is 0 Å². The summed E-state index contributed by atoms with van der Waals surface area (Å²) >= 11 is 0.744. The Hall–Kier alpha value is -3.66. The van der Waals surface area contributed by atoms with Crippen LogP contribution >= 0.6 is 11.8 Å². The molecule has 1 fully saturated rings. The van der Waals surface area contributed by atoms with E-state index in [4.69, 9.17) is 9.47 Å². The SMILES string of the molecule is CCOC(=O)[C@@H](C)N1C(=O)S/C(=C/c2ccc(OCC(=O)Nc3ccc(F)cc3)cc2)C1=O. The Kier molecular flexibility index (Phi) is 7.83. The number of carbonyl (C=O) groups excluding carboxylic acids is 4. The lowest BCUT2D eigenvalue weighted by Crippen LogP contribution is -2.42. The molecule has 1 atom stereocenters. The molecule has 2 aromatic rings. The molecular formula is C23H21FN2O6S. The van der Waals surface area contributed by atoms with E-state index < -0.39 is 34.9 Å². The lowest BCUT2D eigenvalue weighted by atomic mass is 10.2. The largest absolute Gasteiger partial charge is 0.484 e. The fourth-order valence-corrected chi connectivity index (χ4v) is 3.78. The normalized spacial score (nSPS) is 15.5. The molecule has 0 saturated carbocycles. The summed E-state index contributed by atoms with van der Waals surface area (Å²) in [7, 11) is 0. The highest BCUT2D eigenvalue weighted by atomic mass is 32.2. The average Bonchev–Trinajstić information content (AvgIpc) is 3.07. The van der Waals surface area contributed by atoms with Crippen molar-refractivity contribution in [3.8, 4) is 5.75 Å². The smallest absolute Gasteiger partial charge is 0.329 e. The van der Waals surface area contributed by atoms with Gasteiger partial charge >= 0.3 is 5.97 Å². The van der Waals surface area contributed by atoms with Gasteiger partial charge in [0.25, 0.3) is 17.1 Å². The molecule has 3 rings (SSSR count). The van der Waals surface area contributed by atoms with Crippen molar-refractivity contribution in [3.63, 3.8) is 0 Å². The minimum atomic E-state index is -1.01. The molecule has 172 valence electrons.